The lowest BCUT2D eigenvalue weighted by atomic mass is 10.2. The van der Waals surface area contributed by atoms with E-state index in [1.165, 1.54) is 5.56 Å². The van der Waals surface area contributed by atoms with E-state index in [2.05, 4.69) is 33.0 Å². The van der Waals surface area contributed by atoms with Gasteiger partial charge in [-0.25, -0.2) is 4.98 Å². The number of thioether (sulfide) groups is 1. The zero-order valence-corrected chi connectivity index (χ0v) is 11.0. The molecule has 4 heteroatoms. The van der Waals surface area contributed by atoms with Gasteiger partial charge in [-0.3, -0.25) is 0 Å². The highest BCUT2D eigenvalue weighted by Crippen LogP contribution is 2.23. The zero-order valence-electron chi connectivity index (χ0n) is 8.56. The van der Waals surface area contributed by atoms with Crippen LogP contribution in [0.5, 0.6) is 0 Å². The molecule has 1 heterocycles. The van der Waals surface area contributed by atoms with Gasteiger partial charge in [0.1, 0.15) is 5.82 Å². The van der Waals surface area contributed by atoms with Gasteiger partial charge in [0.05, 0.1) is 0 Å². The van der Waals surface area contributed by atoms with E-state index in [4.69, 9.17) is 5.73 Å². The number of hydrogen-bond acceptors (Lipinski definition) is 3. The van der Waals surface area contributed by atoms with Crippen molar-refractivity contribution in [1.29, 1.82) is 0 Å². The van der Waals surface area contributed by atoms with Gasteiger partial charge in [0.15, 0.2) is 0 Å². The first kappa shape index (κ1) is 11.5. The van der Waals surface area contributed by atoms with E-state index in [0.29, 0.717) is 5.82 Å². The smallest absolute Gasteiger partial charge is 0.123 e. The maximum Gasteiger partial charge on any atom is 0.123 e. The predicted molar refractivity (Wildman–Crippen MR) is 72.4 cm³/mol. The first-order chi connectivity index (χ1) is 7.74. The van der Waals surface area contributed by atoms with Crippen LogP contribution < -0.4 is 5.73 Å². The lowest BCUT2D eigenvalue weighted by Gasteiger charge is -2.02. The normalized spacial score (nSPS) is 10.3. The molecule has 0 aliphatic carbocycles. The molecule has 0 spiro atoms. The molecule has 16 heavy (non-hydrogen) atoms. The third-order valence-electron chi connectivity index (χ3n) is 2.05. The van der Waals surface area contributed by atoms with Crippen molar-refractivity contribution in [3.05, 3.63) is 52.6 Å². The monoisotopic (exact) mass is 294 g/mol. The minimum Gasteiger partial charge on any atom is -0.384 e. The van der Waals surface area contributed by atoms with Crippen LogP contribution in [0.1, 0.15) is 5.56 Å². The Morgan fingerprint density at radius 2 is 2.12 bits per heavy atom. The molecule has 1 aromatic carbocycles. The topological polar surface area (TPSA) is 38.9 Å². The van der Waals surface area contributed by atoms with Crippen molar-refractivity contribution < 1.29 is 0 Å². The van der Waals surface area contributed by atoms with Crippen LogP contribution in [0.25, 0.3) is 0 Å². The Kier molecular flexibility index (Phi) is 3.85. The molecular formula is C12H11BrN2S. The summed E-state index contributed by atoms with van der Waals surface area (Å²) in [4.78, 5) is 5.19. The minimum absolute atomic E-state index is 0.562. The molecule has 0 fully saturated rings. The second kappa shape index (κ2) is 5.37. The van der Waals surface area contributed by atoms with Gasteiger partial charge in [-0.05, 0) is 29.8 Å². The van der Waals surface area contributed by atoms with Crippen molar-refractivity contribution in [2.45, 2.75) is 10.6 Å². The fourth-order valence-corrected chi connectivity index (χ4v) is 2.52. The predicted octanol–water partition coefficient (Wildman–Crippen LogP) is 3.72. The van der Waals surface area contributed by atoms with Gasteiger partial charge in [0, 0.05) is 21.3 Å². The summed E-state index contributed by atoms with van der Waals surface area (Å²) in [5.41, 5.74) is 6.82. The van der Waals surface area contributed by atoms with Crippen LogP contribution in [0, 0.1) is 0 Å². The van der Waals surface area contributed by atoms with Crippen LogP contribution in [-0.4, -0.2) is 4.98 Å². The van der Waals surface area contributed by atoms with E-state index in [0.717, 1.165) is 15.1 Å². The van der Waals surface area contributed by atoms with Gasteiger partial charge in [0.25, 0.3) is 0 Å². The van der Waals surface area contributed by atoms with Crippen LogP contribution in [0.15, 0.2) is 52.0 Å². The number of anilines is 1. The third-order valence-corrected chi connectivity index (χ3v) is 3.60. The summed E-state index contributed by atoms with van der Waals surface area (Å²) in [5.74, 6) is 1.50. The van der Waals surface area contributed by atoms with Gasteiger partial charge in [-0.15, -0.1) is 11.8 Å². The lowest BCUT2D eigenvalue weighted by molar-refractivity contribution is 1.24. The molecule has 0 saturated carbocycles. The van der Waals surface area contributed by atoms with Crippen molar-refractivity contribution in [2.24, 2.45) is 0 Å². The number of nitrogen functional groups attached to an aromatic ring is 1. The molecule has 0 saturated heterocycles. The SMILES string of the molecule is Nc1ccc(SCc2cccc(Br)c2)cn1. The standard InChI is InChI=1S/C12H11BrN2S/c13-10-3-1-2-9(6-10)8-16-11-4-5-12(14)15-7-11/h1-7H,8H2,(H2,14,15). The van der Waals surface area contributed by atoms with E-state index in [1.807, 2.05) is 24.3 Å². The zero-order chi connectivity index (χ0) is 11.4. The summed E-state index contributed by atoms with van der Waals surface area (Å²) >= 11 is 5.21. The lowest BCUT2D eigenvalue weighted by Crippen LogP contribution is -1.88. The van der Waals surface area contributed by atoms with Gasteiger partial charge in [-0.1, -0.05) is 28.1 Å². The van der Waals surface area contributed by atoms with Crippen molar-refractivity contribution >= 4 is 33.5 Å². The summed E-state index contributed by atoms with van der Waals surface area (Å²) < 4.78 is 1.11. The van der Waals surface area contributed by atoms with Crippen molar-refractivity contribution in [3.63, 3.8) is 0 Å². The van der Waals surface area contributed by atoms with Gasteiger partial charge >= 0.3 is 0 Å². The maximum absolute atomic E-state index is 5.53. The highest BCUT2D eigenvalue weighted by molar-refractivity contribution is 9.10. The van der Waals surface area contributed by atoms with Crippen molar-refractivity contribution in [1.82, 2.24) is 4.98 Å². The van der Waals surface area contributed by atoms with E-state index < -0.39 is 0 Å². The maximum atomic E-state index is 5.53. The molecule has 0 radical (unpaired) electrons. The molecule has 1 aromatic heterocycles. The number of halogens is 1. The summed E-state index contributed by atoms with van der Waals surface area (Å²) in [7, 11) is 0. The Morgan fingerprint density at radius 3 is 2.81 bits per heavy atom. The minimum atomic E-state index is 0.562. The van der Waals surface area contributed by atoms with E-state index in [1.54, 1.807) is 18.0 Å². The second-order valence-corrected chi connectivity index (χ2v) is 5.30. The average Bonchev–Trinajstić information content (AvgIpc) is 2.28. The molecule has 2 aromatic rings. The molecule has 2 N–H and O–H groups in total. The first-order valence-electron chi connectivity index (χ1n) is 4.83. The Morgan fingerprint density at radius 1 is 1.25 bits per heavy atom. The molecule has 0 aliphatic rings. The van der Waals surface area contributed by atoms with E-state index in [-0.39, 0.29) is 0 Å². The molecule has 82 valence electrons. The van der Waals surface area contributed by atoms with Crippen molar-refractivity contribution in [3.8, 4) is 0 Å². The number of nitrogens with two attached hydrogens (primary N) is 1. The Bertz CT molecular complexity index is 471. The number of hydrogen-bond donors (Lipinski definition) is 1. The second-order valence-electron chi connectivity index (χ2n) is 3.34. The van der Waals surface area contributed by atoms with E-state index >= 15 is 0 Å². The Balaban J connectivity index is 1.99. The molecule has 0 atom stereocenters. The number of aromatic nitrogens is 1. The van der Waals surface area contributed by atoms with Gasteiger partial charge in [-0.2, -0.15) is 0 Å². The van der Waals surface area contributed by atoms with Crippen LogP contribution in [-0.2, 0) is 5.75 Å². The largest absolute Gasteiger partial charge is 0.384 e. The molecule has 0 amide bonds. The Hall–Kier alpha value is -1.00. The van der Waals surface area contributed by atoms with Crippen LogP contribution in [0.3, 0.4) is 0 Å². The van der Waals surface area contributed by atoms with Gasteiger partial charge in [0.2, 0.25) is 0 Å². The van der Waals surface area contributed by atoms with Crippen molar-refractivity contribution in [2.75, 3.05) is 5.73 Å². The van der Waals surface area contributed by atoms with E-state index in [9.17, 15) is 0 Å². The highest BCUT2D eigenvalue weighted by Gasteiger charge is 1.97. The quantitative estimate of drug-likeness (QED) is 0.877. The van der Waals surface area contributed by atoms with Crippen LogP contribution in [0.2, 0.25) is 0 Å². The highest BCUT2D eigenvalue weighted by atomic mass is 79.9. The Labute approximate surface area is 107 Å². The number of benzene rings is 1. The van der Waals surface area contributed by atoms with Gasteiger partial charge < -0.3 is 5.73 Å². The summed E-state index contributed by atoms with van der Waals surface area (Å²) in [5, 5.41) is 0. The summed E-state index contributed by atoms with van der Waals surface area (Å²) in [6.45, 7) is 0. The molecule has 0 bridgehead atoms. The summed E-state index contributed by atoms with van der Waals surface area (Å²) in [6.07, 6.45) is 1.80. The fourth-order valence-electron chi connectivity index (χ4n) is 1.27. The molecule has 0 aliphatic heterocycles. The molecule has 0 unspecified atom stereocenters. The number of nitrogens with zero attached hydrogens (tertiary/aromatic N) is 1. The molecule has 2 rings (SSSR count). The molecular weight excluding hydrogens is 284 g/mol. The average molecular weight is 295 g/mol. The fraction of sp³-hybridized carbons (Fsp3) is 0.0833. The number of pyridine rings is 1. The first-order valence-corrected chi connectivity index (χ1v) is 6.61. The third kappa shape index (κ3) is 3.25. The van der Waals surface area contributed by atoms with Crippen LogP contribution >= 0.6 is 27.7 Å². The number of rotatable bonds is 3. The van der Waals surface area contributed by atoms with Crippen LogP contribution in [0.4, 0.5) is 5.82 Å². The molecule has 2 nitrogen and oxygen atoms in total. The summed E-state index contributed by atoms with van der Waals surface area (Å²) in [6, 6.07) is 12.1.